The number of benzene rings is 1. The van der Waals surface area contributed by atoms with Gasteiger partial charge in [-0.2, -0.15) is 4.31 Å². The molecule has 24 heavy (non-hydrogen) atoms. The molecule has 2 atom stereocenters. The van der Waals surface area contributed by atoms with E-state index in [1.54, 1.807) is 10.5 Å². The third-order valence-corrected chi connectivity index (χ3v) is 6.94. The summed E-state index contributed by atoms with van der Waals surface area (Å²) in [5.74, 6) is 0.00454. The highest BCUT2D eigenvalue weighted by Gasteiger charge is 2.40. The lowest BCUT2D eigenvalue weighted by Gasteiger charge is -2.42. The molecule has 1 saturated heterocycles. The van der Waals surface area contributed by atoms with Crippen molar-refractivity contribution in [2.75, 3.05) is 13.2 Å². The number of hydrogen-bond acceptors (Lipinski definition) is 4. The zero-order valence-electron chi connectivity index (χ0n) is 13.6. The number of rotatable bonds is 3. The molecule has 0 amide bonds. The van der Waals surface area contributed by atoms with Gasteiger partial charge in [-0.05, 0) is 24.5 Å². The predicted molar refractivity (Wildman–Crippen MR) is 93.1 cm³/mol. The van der Waals surface area contributed by atoms with Crippen molar-refractivity contribution in [3.8, 4) is 0 Å². The third kappa shape index (κ3) is 2.94. The maximum Gasteiger partial charge on any atom is 0.218 e. The minimum absolute atomic E-state index is 0.000403. The van der Waals surface area contributed by atoms with Gasteiger partial charge in [-0.15, -0.1) is 0 Å². The zero-order chi connectivity index (χ0) is 16.6. The number of nitrogens with zero attached hydrogens (tertiary/aromatic N) is 2. The van der Waals surface area contributed by atoms with Crippen LogP contribution >= 0.6 is 0 Å². The van der Waals surface area contributed by atoms with E-state index in [0.717, 1.165) is 42.1 Å². The Labute approximate surface area is 142 Å². The number of pyridine rings is 1. The fourth-order valence-corrected chi connectivity index (χ4v) is 5.77. The summed E-state index contributed by atoms with van der Waals surface area (Å²) < 4.78 is 33.7. The zero-order valence-corrected chi connectivity index (χ0v) is 14.4. The van der Waals surface area contributed by atoms with Crippen molar-refractivity contribution in [1.82, 2.24) is 9.29 Å². The van der Waals surface area contributed by atoms with Crippen molar-refractivity contribution in [1.29, 1.82) is 0 Å². The largest absolute Gasteiger partial charge is 0.375 e. The molecule has 0 radical (unpaired) electrons. The van der Waals surface area contributed by atoms with Crippen molar-refractivity contribution in [2.45, 2.75) is 43.6 Å². The van der Waals surface area contributed by atoms with Gasteiger partial charge in [-0.25, -0.2) is 8.42 Å². The first-order chi connectivity index (χ1) is 11.6. The lowest BCUT2D eigenvalue weighted by molar-refractivity contribution is -0.0586. The second kappa shape index (κ2) is 6.43. The van der Waals surface area contributed by atoms with Crippen molar-refractivity contribution in [2.24, 2.45) is 0 Å². The highest BCUT2D eigenvalue weighted by Crippen LogP contribution is 2.31. The van der Waals surface area contributed by atoms with E-state index in [9.17, 15) is 8.42 Å². The van der Waals surface area contributed by atoms with Gasteiger partial charge < -0.3 is 4.74 Å². The van der Waals surface area contributed by atoms with E-state index in [0.29, 0.717) is 13.2 Å². The maximum atomic E-state index is 13.1. The Bertz CT molecular complexity index is 830. The minimum atomic E-state index is -3.38. The second-order valence-electron chi connectivity index (χ2n) is 6.62. The summed E-state index contributed by atoms with van der Waals surface area (Å²) in [6.07, 6.45) is 5.84. The molecule has 0 bridgehead atoms. The number of fused-ring (bicyclic) bond motifs is 2. The molecule has 2 aromatic rings. The van der Waals surface area contributed by atoms with Crippen molar-refractivity contribution in [3.63, 3.8) is 0 Å². The number of morpholine rings is 1. The summed E-state index contributed by atoms with van der Waals surface area (Å²) in [4.78, 5) is 4.38. The molecular weight excluding hydrogens is 324 g/mol. The van der Waals surface area contributed by atoms with Gasteiger partial charge in [0.2, 0.25) is 10.0 Å². The number of hydrogen-bond donors (Lipinski definition) is 0. The van der Waals surface area contributed by atoms with Crippen LogP contribution in [0.4, 0.5) is 0 Å². The fraction of sp³-hybridized carbons (Fsp3) is 0.500. The van der Waals surface area contributed by atoms with Gasteiger partial charge in [0.25, 0.3) is 0 Å². The van der Waals surface area contributed by atoms with E-state index >= 15 is 0 Å². The normalized spacial score (nSPS) is 25.5. The number of para-hydroxylation sites is 1. The van der Waals surface area contributed by atoms with Gasteiger partial charge in [0, 0.05) is 18.1 Å². The Morgan fingerprint density at radius 2 is 2.00 bits per heavy atom. The van der Waals surface area contributed by atoms with Crippen molar-refractivity contribution >= 4 is 20.9 Å². The molecule has 0 unspecified atom stereocenters. The molecule has 2 aliphatic rings. The van der Waals surface area contributed by atoms with Crippen LogP contribution < -0.4 is 0 Å². The van der Waals surface area contributed by atoms with Gasteiger partial charge in [-0.1, -0.05) is 37.1 Å². The van der Waals surface area contributed by atoms with E-state index in [4.69, 9.17) is 4.74 Å². The fourth-order valence-electron chi connectivity index (χ4n) is 3.97. The molecule has 6 heteroatoms. The molecule has 5 nitrogen and oxygen atoms in total. The van der Waals surface area contributed by atoms with E-state index in [2.05, 4.69) is 4.98 Å². The van der Waals surface area contributed by atoms with Crippen LogP contribution in [0.25, 0.3) is 10.9 Å². The number of sulfonamides is 1. The smallest absolute Gasteiger partial charge is 0.218 e. The predicted octanol–water partition coefficient (Wildman–Crippen LogP) is 2.71. The summed E-state index contributed by atoms with van der Waals surface area (Å²) in [5.41, 5.74) is 1.55. The van der Waals surface area contributed by atoms with Crippen LogP contribution in [0, 0.1) is 0 Å². The number of ether oxygens (including phenoxy) is 1. The van der Waals surface area contributed by atoms with E-state index in [1.165, 1.54) is 0 Å². The Kier molecular flexibility index (Phi) is 4.28. The monoisotopic (exact) mass is 346 g/mol. The molecule has 0 N–H and O–H groups in total. The first-order valence-electron chi connectivity index (χ1n) is 8.59. The maximum absolute atomic E-state index is 13.1. The highest BCUT2D eigenvalue weighted by molar-refractivity contribution is 7.88. The summed E-state index contributed by atoms with van der Waals surface area (Å²) in [7, 11) is -3.38. The van der Waals surface area contributed by atoms with E-state index < -0.39 is 10.0 Å². The van der Waals surface area contributed by atoms with E-state index in [1.807, 2.05) is 30.3 Å². The van der Waals surface area contributed by atoms with Crippen molar-refractivity contribution in [3.05, 3.63) is 42.1 Å². The summed E-state index contributed by atoms with van der Waals surface area (Å²) >= 11 is 0. The molecule has 1 aliphatic heterocycles. The highest BCUT2D eigenvalue weighted by atomic mass is 32.2. The Balaban J connectivity index is 1.65. The van der Waals surface area contributed by atoms with Crippen LogP contribution in [-0.2, 0) is 20.5 Å². The molecule has 2 heterocycles. The van der Waals surface area contributed by atoms with Crippen LogP contribution in [0.15, 0.2) is 36.5 Å². The molecule has 128 valence electrons. The van der Waals surface area contributed by atoms with Crippen LogP contribution in [0.1, 0.15) is 31.2 Å². The molecule has 1 aliphatic carbocycles. The average molecular weight is 346 g/mol. The standard InChI is InChI=1S/C18H22N2O3S/c21-24(22,20-11-12-23-17-9-2-1-8-16(17)20)13-15-6-3-5-14-7-4-10-19-18(14)15/h3-7,10,16-17H,1-2,8-9,11-13H2/t16-,17+/m0/s1. The van der Waals surface area contributed by atoms with Crippen LogP contribution in [-0.4, -0.2) is 43.0 Å². The summed E-state index contributed by atoms with van der Waals surface area (Å²) in [6.45, 7) is 0.954. The summed E-state index contributed by atoms with van der Waals surface area (Å²) in [6, 6.07) is 9.56. The van der Waals surface area contributed by atoms with Gasteiger partial charge in [0.05, 0.1) is 30.0 Å². The first-order valence-corrected chi connectivity index (χ1v) is 10.2. The Morgan fingerprint density at radius 3 is 2.92 bits per heavy atom. The first kappa shape index (κ1) is 16.0. The molecule has 1 aromatic carbocycles. The topological polar surface area (TPSA) is 59.5 Å². The van der Waals surface area contributed by atoms with Crippen LogP contribution in [0.2, 0.25) is 0 Å². The second-order valence-corrected chi connectivity index (χ2v) is 8.54. The van der Waals surface area contributed by atoms with Crippen molar-refractivity contribution < 1.29 is 13.2 Å². The third-order valence-electron chi connectivity index (χ3n) is 5.09. The van der Waals surface area contributed by atoms with Crippen LogP contribution in [0.3, 0.4) is 0 Å². The van der Waals surface area contributed by atoms with E-state index in [-0.39, 0.29) is 17.9 Å². The molecular formula is C18H22N2O3S. The average Bonchev–Trinajstić information content (AvgIpc) is 2.61. The lowest BCUT2D eigenvalue weighted by atomic mass is 9.91. The lowest BCUT2D eigenvalue weighted by Crippen LogP contribution is -2.54. The molecule has 4 rings (SSSR count). The quantitative estimate of drug-likeness (QED) is 0.857. The summed E-state index contributed by atoms with van der Waals surface area (Å²) in [5, 5.41) is 0.975. The number of aromatic nitrogens is 1. The minimum Gasteiger partial charge on any atom is -0.375 e. The van der Waals surface area contributed by atoms with Crippen LogP contribution in [0.5, 0.6) is 0 Å². The molecule has 1 aromatic heterocycles. The van der Waals surface area contributed by atoms with Gasteiger partial charge in [-0.3, -0.25) is 4.98 Å². The Hall–Kier alpha value is -1.50. The molecule has 2 fully saturated rings. The van der Waals surface area contributed by atoms with Gasteiger partial charge >= 0.3 is 0 Å². The molecule has 1 saturated carbocycles. The van der Waals surface area contributed by atoms with Gasteiger partial charge in [0.15, 0.2) is 0 Å². The molecule has 0 spiro atoms. The Morgan fingerprint density at radius 1 is 1.17 bits per heavy atom. The SMILES string of the molecule is O=S(=O)(Cc1cccc2cccnc12)N1CCO[C@@H]2CCCC[C@@H]21. The van der Waals surface area contributed by atoms with Gasteiger partial charge in [0.1, 0.15) is 0 Å².